The first-order chi connectivity index (χ1) is 7.27. The van der Waals surface area contributed by atoms with Crippen LogP contribution in [-0.2, 0) is 4.79 Å². The number of halogens is 2. The van der Waals surface area contributed by atoms with Crippen LogP contribution in [0.5, 0.6) is 5.75 Å². The second-order valence-electron chi connectivity index (χ2n) is 3.00. The molecule has 0 spiro atoms. The van der Waals surface area contributed by atoms with Crippen molar-refractivity contribution in [3.05, 3.63) is 29.8 Å². The summed E-state index contributed by atoms with van der Waals surface area (Å²) in [4.78, 5) is 10.3. The third-order valence-corrected chi connectivity index (χ3v) is 2.88. The van der Waals surface area contributed by atoms with Crippen molar-refractivity contribution in [1.29, 1.82) is 0 Å². The molecule has 0 bridgehead atoms. The van der Waals surface area contributed by atoms with Crippen molar-refractivity contribution >= 4 is 33.8 Å². The van der Waals surface area contributed by atoms with Crippen LogP contribution in [0.15, 0.2) is 24.3 Å². The van der Waals surface area contributed by atoms with Crippen molar-refractivity contribution in [1.82, 2.24) is 0 Å². The average molecular weight is 292 g/mol. The SMILES string of the molecule is O=CC(Br)c1ccc(OCCCCl)cc1. The first kappa shape index (κ1) is 12.5. The molecule has 1 rings (SSSR count). The number of alkyl halides is 2. The van der Waals surface area contributed by atoms with Crippen LogP contribution in [0.4, 0.5) is 0 Å². The van der Waals surface area contributed by atoms with Crippen molar-refractivity contribution in [2.75, 3.05) is 12.5 Å². The minimum absolute atomic E-state index is 0.241. The smallest absolute Gasteiger partial charge is 0.138 e. The molecule has 0 amide bonds. The van der Waals surface area contributed by atoms with Crippen LogP contribution in [0, 0.1) is 0 Å². The maximum absolute atomic E-state index is 10.5. The largest absolute Gasteiger partial charge is 0.494 e. The number of rotatable bonds is 6. The quantitative estimate of drug-likeness (QED) is 0.456. The Balaban J connectivity index is 2.52. The fourth-order valence-corrected chi connectivity index (χ4v) is 1.49. The van der Waals surface area contributed by atoms with Crippen LogP contribution in [0.1, 0.15) is 16.8 Å². The molecular weight excluding hydrogens is 279 g/mol. The van der Waals surface area contributed by atoms with Gasteiger partial charge in [0.25, 0.3) is 0 Å². The van der Waals surface area contributed by atoms with Crippen molar-refractivity contribution < 1.29 is 9.53 Å². The van der Waals surface area contributed by atoms with Gasteiger partial charge in [-0.15, -0.1) is 11.6 Å². The molecule has 0 heterocycles. The lowest BCUT2D eigenvalue weighted by molar-refractivity contribution is -0.107. The van der Waals surface area contributed by atoms with Crippen molar-refractivity contribution in [2.45, 2.75) is 11.2 Å². The van der Waals surface area contributed by atoms with Gasteiger partial charge in [-0.05, 0) is 24.1 Å². The molecule has 1 aromatic carbocycles. The van der Waals surface area contributed by atoms with Crippen molar-refractivity contribution in [3.8, 4) is 5.75 Å². The van der Waals surface area contributed by atoms with E-state index >= 15 is 0 Å². The van der Waals surface area contributed by atoms with E-state index in [-0.39, 0.29) is 4.83 Å². The highest BCUT2D eigenvalue weighted by Crippen LogP contribution is 2.22. The molecule has 0 aliphatic heterocycles. The van der Waals surface area contributed by atoms with E-state index in [2.05, 4.69) is 15.9 Å². The van der Waals surface area contributed by atoms with Crippen molar-refractivity contribution in [3.63, 3.8) is 0 Å². The molecule has 15 heavy (non-hydrogen) atoms. The van der Waals surface area contributed by atoms with Crippen LogP contribution in [-0.4, -0.2) is 18.8 Å². The molecule has 1 unspecified atom stereocenters. The summed E-state index contributed by atoms with van der Waals surface area (Å²) >= 11 is 8.78. The second-order valence-corrected chi connectivity index (χ2v) is 4.36. The van der Waals surface area contributed by atoms with Gasteiger partial charge in [-0.2, -0.15) is 0 Å². The molecule has 0 aliphatic rings. The number of ether oxygens (including phenoxy) is 1. The lowest BCUT2D eigenvalue weighted by Crippen LogP contribution is -1.98. The summed E-state index contributed by atoms with van der Waals surface area (Å²) in [6.07, 6.45) is 1.68. The predicted octanol–water partition coefficient (Wildman–Crippen LogP) is 3.33. The van der Waals surface area contributed by atoms with Gasteiger partial charge in [0.05, 0.1) is 11.4 Å². The third-order valence-electron chi connectivity index (χ3n) is 1.86. The zero-order valence-corrected chi connectivity index (χ0v) is 10.5. The molecule has 0 aliphatic carbocycles. The lowest BCUT2D eigenvalue weighted by Gasteiger charge is -2.06. The summed E-state index contributed by atoms with van der Waals surface area (Å²) in [6, 6.07) is 7.43. The number of aldehydes is 1. The van der Waals surface area contributed by atoms with Gasteiger partial charge < -0.3 is 9.53 Å². The fourth-order valence-electron chi connectivity index (χ4n) is 1.07. The van der Waals surface area contributed by atoms with E-state index < -0.39 is 0 Å². The molecule has 0 N–H and O–H groups in total. The summed E-state index contributed by atoms with van der Waals surface area (Å²) in [5.41, 5.74) is 0.926. The van der Waals surface area contributed by atoms with E-state index in [9.17, 15) is 4.79 Å². The number of benzene rings is 1. The van der Waals surface area contributed by atoms with Gasteiger partial charge in [0.2, 0.25) is 0 Å². The Hall–Kier alpha value is -0.540. The maximum atomic E-state index is 10.5. The highest BCUT2D eigenvalue weighted by Gasteiger charge is 2.04. The van der Waals surface area contributed by atoms with Gasteiger partial charge in [-0.1, -0.05) is 28.1 Å². The predicted molar refractivity (Wildman–Crippen MR) is 65.0 cm³/mol. The molecule has 0 saturated carbocycles. The summed E-state index contributed by atoms with van der Waals surface area (Å²) in [7, 11) is 0. The molecule has 2 nitrogen and oxygen atoms in total. The second kappa shape index (κ2) is 6.85. The molecule has 1 atom stereocenters. The Morgan fingerprint density at radius 1 is 1.40 bits per heavy atom. The van der Waals surface area contributed by atoms with E-state index in [0.717, 1.165) is 24.0 Å². The maximum Gasteiger partial charge on any atom is 0.138 e. The first-order valence-corrected chi connectivity index (χ1v) is 6.11. The molecule has 0 saturated heterocycles. The molecule has 0 fully saturated rings. The van der Waals surface area contributed by atoms with E-state index in [0.29, 0.717) is 12.5 Å². The Morgan fingerprint density at radius 3 is 2.60 bits per heavy atom. The van der Waals surface area contributed by atoms with Crippen LogP contribution in [0.2, 0.25) is 0 Å². The number of carbonyl (C=O) groups is 1. The number of carbonyl (C=O) groups excluding carboxylic acids is 1. The number of hydrogen-bond donors (Lipinski definition) is 0. The van der Waals surface area contributed by atoms with E-state index in [1.54, 1.807) is 0 Å². The van der Waals surface area contributed by atoms with Gasteiger partial charge >= 0.3 is 0 Å². The Kier molecular flexibility index (Phi) is 5.73. The fraction of sp³-hybridized carbons (Fsp3) is 0.364. The van der Waals surface area contributed by atoms with E-state index in [1.165, 1.54) is 0 Å². The first-order valence-electron chi connectivity index (χ1n) is 4.66. The standard InChI is InChI=1S/C11H12BrClO2/c12-11(8-14)9-2-4-10(5-3-9)15-7-1-6-13/h2-5,8,11H,1,6-7H2. The van der Waals surface area contributed by atoms with Crippen LogP contribution in [0.3, 0.4) is 0 Å². The van der Waals surface area contributed by atoms with Crippen LogP contribution < -0.4 is 4.74 Å². The van der Waals surface area contributed by atoms with E-state index in [1.807, 2.05) is 24.3 Å². The zero-order chi connectivity index (χ0) is 11.1. The van der Waals surface area contributed by atoms with Crippen LogP contribution >= 0.6 is 27.5 Å². The normalized spacial score (nSPS) is 12.1. The molecular formula is C11H12BrClO2. The molecule has 0 radical (unpaired) electrons. The van der Waals surface area contributed by atoms with Gasteiger partial charge in [0.1, 0.15) is 12.0 Å². The van der Waals surface area contributed by atoms with Gasteiger partial charge in [0, 0.05) is 5.88 Å². The van der Waals surface area contributed by atoms with Gasteiger partial charge in [-0.25, -0.2) is 0 Å². The summed E-state index contributed by atoms with van der Waals surface area (Å²) in [5.74, 6) is 1.40. The topological polar surface area (TPSA) is 26.3 Å². The molecule has 82 valence electrons. The Labute approximate surface area is 103 Å². The molecule has 4 heteroatoms. The third kappa shape index (κ3) is 4.22. The van der Waals surface area contributed by atoms with Gasteiger partial charge in [-0.3, -0.25) is 0 Å². The Bertz CT molecular complexity index is 300. The molecule has 1 aromatic rings. The minimum Gasteiger partial charge on any atom is -0.494 e. The highest BCUT2D eigenvalue weighted by atomic mass is 79.9. The zero-order valence-electron chi connectivity index (χ0n) is 8.16. The summed E-state index contributed by atoms with van der Waals surface area (Å²) in [6.45, 7) is 0.619. The van der Waals surface area contributed by atoms with Gasteiger partial charge in [0.15, 0.2) is 0 Å². The minimum atomic E-state index is -0.241. The number of hydrogen-bond acceptors (Lipinski definition) is 2. The highest BCUT2D eigenvalue weighted by molar-refractivity contribution is 9.09. The summed E-state index contributed by atoms with van der Waals surface area (Å²) < 4.78 is 5.43. The van der Waals surface area contributed by atoms with Crippen LogP contribution in [0.25, 0.3) is 0 Å². The molecule has 0 aromatic heterocycles. The lowest BCUT2D eigenvalue weighted by atomic mass is 10.2. The van der Waals surface area contributed by atoms with Crippen molar-refractivity contribution in [2.24, 2.45) is 0 Å². The average Bonchev–Trinajstić information content (AvgIpc) is 2.29. The Morgan fingerprint density at radius 2 is 2.07 bits per heavy atom. The monoisotopic (exact) mass is 290 g/mol. The van der Waals surface area contributed by atoms with E-state index in [4.69, 9.17) is 16.3 Å². The summed E-state index contributed by atoms with van der Waals surface area (Å²) in [5, 5.41) is 0.